The molecule has 0 spiro atoms. The van der Waals surface area contributed by atoms with E-state index in [0.717, 1.165) is 50.3 Å². The maximum absolute atomic E-state index is 11.1. The Morgan fingerprint density at radius 1 is 1.15 bits per heavy atom. The van der Waals surface area contributed by atoms with Gasteiger partial charge in [0, 0.05) is 39.9 Å². The van der Waals surface area contributed by atoms with Crippen LogP contribution in [0.1, 0.15) is 24.0 Å². The van der Waals surface area contributed by atoms with E-state index in [2.05, 4.69) is 37.9 Å². The third-order valence-electron chi connectivity index (χ3n) is 5.29. The Hall–Kier alpha value is -1.62. The van der Waals surface area contributed by atoms with Gasteiger partial charge in [0.05, 0.1) is 11.1 Å². The van der Waals surface area contributed by atoms with Gasteiger partial charge < -0.3 is 10.0 Å². The number of rotatable bonds is 2. The number of aromatic nitrogens is 1. The maximum Gasteiger partial charge on any atom is 0.0930 e. The number of benzene rings is 2. The Kier molecular flexibility index (Phi) is 4.68. The van der Waals surface area contributed by atoms with E-state index in [-0.39, 0.29) is 0 Å². The summed E-state index contributed by atoms with van der Waals surface area (Å²) in [5, 5.41) is 13.0. The molecule has 1 aliphatic heterocycles. The van der Waals surface area contributed by atoms with Gasteiger partial charge in [-0.25, -0.2) is 0 Å². The molecule has 3 aromatic rings. The summed E-state index contributed by atoms with van der Waals surface area (Å²) in [7, 11) is 0. The molecule has 2 aromatic carbocycles. The van der Waals surface area contributed by atoms with Crippen molar-refractivity contribution in [3.05, 3.63) is 69.3 Å². The molecule has 0 saturated carbocycles. The van der Waals surface area contributed by atoms with Gasteiger partial charge in [0.25, 0.3) is 0 Å². The molecule has 4 rings (SSSR count). The topological polar surface area (TPSA) is 36.4 Å². The molecule has 0 bridgehead atoms. The first-order chi connectivity index (χ1) is 12.5. The molecular weight excluding hydrogens is 412 g/mol. The highest BCUT2D eigenvalue weighted by atomic mass is 79.9. The Bertz CT molecular complexity index is 967. The number of pyridine rings is 1. The van der Waals surface area contributed by atoms with E-state index in [9.17, 15) is 5.11 Å². The molecule has 1 aromatic heterocycles. The van der Waals surface area contributed by atoms with Crippen molar-refractivity contribution in [3.63, 3.8) is 0 Å². The van der Waals surface area contributed by atoms with Crippen LogP contribution in [-0.2, 0) is 5.60 Å². The predicted octanol–water partition coefficient (Wildman–Crippen LogP) is 5.45. The van der Waals surface area contributed by atoms with Gasteiger partial charge in [-0.2, -0.15) is 0 Å². The predicted molar refractivity (Wildman–Crippen MR) is 111 cm³/mol. The fraction of sp³-hybridized carbons (Fsp3) is 0.286. The summed E-state index contributed by atoms with van der Waals surface area (Å²) in [4.78, 5) is 6.80. The Morgan fingerprint density at radius 3 is 2.65 bits per heavy atom. The molecule has 1 aliphatic rings. The van der Waals surface area contributed by atoms with Crippen LogP contribution in [0.25, 0.3) is 10.9 Å². The zero-order chi connectivity index (χ0) is 18.3. The number of hydrogen-bond acceptors (Lipinski definition) is 3. The number of aliphatic hydroxyl groups is 1. The summed E-state index contributed by atoms with van der Waals surface area (Å²) >= 11 is 9.76. The lowest BCUT2D eigenvalue weighted by molar-refractivity contribution is 0.0118. The lowest BCUT2D eigenvalue weighted by Crippen LogP contribution is -2.42. The monoisotopic (exact) mass is 430 g/mol. The minimum atomic E-state index is -0.775. The summed E-state index contributed by atoms with van der Waals surface area (Å²) in [5.74, 6) is 0. The molecule has 5 heteroatoms. The van der Waals surface area contributed by atoms with Crippen molar-refractivity contribution in [2.24, 2.45) is 0 Å². The largest absolute Gasteiger partial charge is 0.385 e. The van der Waals surface area contributed by atoms with E-state index in [1.165, 1.54) is 0 Å². The zero-order valence-corrected chi connectivity index (χ0v) is 16.9. The highest BCUT2D eigenvalue weighted by Crippen LogP contribution is 2.37. The normalized spacial score (nSPS) is 16.8. The van der Waals surface area contributed by atoms with E-state index in [4.69, 9.17) is 11.6 Å². The number of piperidine rings is 1. The molecule has 0 unspecified atom stereocenters. The van der Waals surface area contributed by atoms with Crippen molar-refractivity contribution in [1.82, 2.24) is 4.98 Å². The molecule has 1 N–H and O–H groups in total. The van der Waals surface area contributed by atoms with Crippen LogP contribution in [0, 0.1) is 6.92 Å². The number of nitrogens with zero attached hydrogens (tertiary/aromatic N) is 2. The lowest BCUT2D eigenvalue weighted by Gasteiger charge is -2.40. The second-order valence-electron chi connectivity index (χ2n) is 6.98. The van der Waals surface area contributed by atoms with Crippen LogP contribution in [0.5, 0.6) is 0 Å². The Labute approximate surface area is 166 Å². The van der Waals surface area contributed by atoms with Crippen LogP contribution in [0.2, 0.25) is 5.02 Å². The molecule has 1 saturated heterocycles. The van der Waals surface area contributed by atoms with Gasteiger partial charge in [-0.3, -0.25) is 4.98 Å². The average Bonchev–Trinajstić information content (AvgIpc) is 2.63. The number of fused-ring (bicyclic) bond motifs is 1. The fourth-order valence-corrected chi connectivity index (χ4v) is 4.28. The molecule has 0 amide bonds. The molecule has 0 radical (unpaired) electrons. The van der Waals surface area contributed by atoms with Gasteiger partial charge in [-0.1, -0.05) is 39.7 Å². The molecule has 134 valence electrons. The number of aryl methyl sites for hydroxylation is 1. The van der Waals surface area contributed by atoms with Crippen molar-refractivity contribution >= 4 is 44.1 Å². The first-order valence-electron chi connectivity index (χ1n) is 8.74. The summed E-state index contributed by atoms with van der Waals surface area (Å²) in [6, 6.07) is 14.1. The summed E-state index contributed by atoms with van der Waals surface area (Å²) < 4.78 is 0.998. The van der Waals surface area contributed by atoms with Crippen molar-refractivity contribution in [1.29, 1.82) is 0 Å². The van der Waals surface area contributed by atoms with Gasteiger partial charge in [0.1, 0.15) is 0 Å². The number of hydrogen-bond donors (Lipinski definition) is 1. The van der Waals surface area contributed by atoms with E-state index in [0.29, 0.717) is 12.8 Å². The van der Waals surface area contributed by atoms with Gasteiger partial charge in [-0.05, 0) is 61.2 Å². The van der Waals surface area contributed by atoms with Gasteiger partial charge >= 0.3 is 0 Å². The zero-order valence-electron chi connectivity index (χ0n) is 14.5. The van der Waals surface area contributed by atoms with Crippen LogP contribution >= 0.6 is 27.5 Å². The molecule has 26 heavy (non-hydrogen) atoms. The quantitative estimate of drug-likeness (QED) is 0.586. The standard InChI is InChI=1S/C21H20BrClN2O/c1-14-11-17-19(13-18(14)23)24-8-5-20(17)25-9-6-21(26,7-10-25)15-3-2-4-16(22)12-15/h2-5,8,11-13,26H,6-7,9-10H2,1H3. The molecule has 0 aliphatic carbocycles. The highest BCUT2D eigenvalue weighted by Gasteiger charge is 2.34. The van der Waals surface area contributed by atoms with Crippen LogP contribution < -0.4 is 4.90 Å². The smallest absolute Gasteiger partial charge is 0.0930 e. The van der Waals surface area contributed by atoms with E-state index in [1.807, 2.05) is 43.5 Å². The SMILES string of the molecule is Cc1cc2c(N3CCC(O)(c4cccc(Br)c4)CC3)ccnc2cc1Cl. The Balaban J connectivity index is 1.62. The number of halogens is 2. The maximum atomic E-state index is 11.1. The minimum absolute atomic E-state index is 0.694. The van der Waals surface area contributed by atoms with Gasteiger partial charge in [-0.15, -0.1) is 0 Å². The summed E-state index contributed by atoms with van der Waals surface area (Å²) in [6.45, 7) is 3.61. The van der Waals surface area contributed by atoms with Crippen molar-refractivity contribution < 1.29 is 5.11 Å². The van der Waals surface area contributed by atoms with Crippen LogP contribution in [-0.4, -0.2) is 23.2 Å². The lowest BCUT2D eigenvalue weighted by atomic mass is 9.84. The van der Waals surface area contributed by atoms with Crippen molar-refractivity contribution in [2.45, 2.75) is 25.4 Å². The Morgan fingerprint density at radius 2 is 1.92 bits per heavy atom. The average molecular weight is 432 g/mol. The van der Waals surface area contributed by atoms with Crippen molar-refractivity contribution in [2.75, 3.05) is 18.0 Å². The molecule has 0 atom stereocenters. The summed E-state index contributed by atoms with van der Waals surface area (Å²) in [6.07, 6.45) is 3.22. The third kappa shape index (κ3) is 3.22. The third-order valence-corrected chi connectivity index (χ3v) is 6.19. The van der Waals surface area contributed by atoms with E-state index in [1.54, 1.807) is 0 Å². The molecule has 3 nitrogen and oxygen atoms in total. The van der Waals surface area contributed by atoms with E-state index < -0.39 is 5.60 Å². The van der Waals surface area contributed by atoms with E-state index >= 15 is 0 Å². The van der Waals surface area contributed by atoms with Gasteiger partial charge in [0.15, 0.2) is 0 Å². The number of anilines is 1. The summed E-state index contributed by atoms with van der Waals surface area (Å²) in [5.41, 5.74) is 3.32. The van der Waals surface area contributed by atoms with Crippen LogP contribution in [0.4, 0.5) is 5.69 Å². The fourth-order valence-electron chi connectivity index (χ4n) is 3.72. The first kappa shape index (κ1) is 17.8. The second kappa shape index (κ2) is 6.84. The van der Waals surface area contributed by atoms with Crippen LogP contribution in [0.15, 0.2) is 53.1 Å². The first-order valence-corrected chi connectivity index (χ1v) is 9.92. The molecular formula is C21H20BrClN2O. The van der Waals surface area contributed by atoms with Crippen LogP contribution in [0.3, 0.4) is 0 Å². The highest BCUT2D eigenvalue weighted by molar-refractivity contribution is 9.10. The molecule has 1 fully saturated rings. The van der Waals surface area contributed by atoms with Gasteiger partial charge in [0.2, 0.25) is 0 Å². The minimum Gasteiger partial charge on any atom is -0.385 e. The van der Waals surface area contributed by atoms with Crippen molar-refractivity contribution in [3.8, 4) is 0 Å². The molecule has 2 heterocycles. The second-order valence-corrected chi connectivity index (χ2v) is 8.30.